The predicted octanol–water partition coefficient (Wildman–Crippen LogP) is 5.78. The number of hydrogen-bond acceptors (Lipinski definition) is 2. The second-order valence-corrected chi connectivity index (χ2v) is 6.28. The van der Waals surface area contributed by atoms with E-state index in [1.807, 2.05) is 0 Å². The van der Waals surface area contributed by atoms with E-state index >= 15 is 0 Å². The molecule has 0 N–H and O–H groups in total. The van der Waals surface area contributed by atoms with Gasteiger partial charge in [0.05, 0.1) is 14.2 Å². The molecule has 0 aliphatic heterocycles. The zero-order valence-corrected chi connectivity index (χ0v) is 14.4. The Morgan fingerprint density at radius 3 is 1.38 bits per heavy atom. The molecule has 4 aromatic carbocycles. The van der Waals surface area contributed by atoms with Crippen LogP contribution in [0.5, 0.6) is 11.5 Å². The van der Waals surface area contributed by atoms with Crippen molar-refractivity contribution in [3.05, 3.63) is 59.7 Å². The minimum Gasteiger partial charge on any atom is -0.493 e. The van der Waals surface area contributed by atoms with Gasteiger partial charge in [-0.15, -0.1) is 0 Å². The summed E-state index contributed by atoms with van der Waals surface area (Å²) in [5, 5.41) is 7.45. The molecule has 0 bridgehead atoms. The van der Waals surface area contributed by atoms with Crippen LogP contribution in [0.2, 0.25) is 0 Å². The van der Waals surface area contributed by atoms with E-state index in [0.29, 0.717) is 0 Å². The molecule has 120 valence electrons. The minimum atomic E-state index is 0.762. The van der Waals surface area contributed by atoms with E-state index in [1.54, 1.807) is 14.2 Å². The Morgan fingerprint density at radius 2 is 0.917 bits per heavy atom. The van der Waals surface area contributed by atoms with Gasteiger partial charge in [-0.2, -0.15) is 0 Å². The van der Waals surface area contributed by atoms with Crippen molar-refractivity contribution < 1.29 is 9.47 Å². The van der Waals surface area contributed by atoms with Crippen LogP contribution in [0, 0.1) is 13.8 Å². The van der Waals surface area contributed by atoms with Crippen LogP contribution < -0.4 is 9.47 Å². The van der Waals surface area contributed by atoms with Crippen LogP contribution in [-0.2, 0) is 0 Å². The zero-order valence-electron chi connectivity index (χ0n) is 14.4. The Labute approximate surface area is 141 Å². The van der Waals surface area contributed by atoms with Crippen LogP contribution >= 0.6 is 0 Å². The first-order valence-electron chi connectivity index (χ1n) is 8.11. The maximum atomic E-state index is 5.53. The topological polar surface area (TPSA) is 18.5 Å². The van der Waals surface area contributed by atoms with Crippen LogP contribution in [-0.4, -0.2) is 14.2 Å². The molecule has 0 aliphatic carbocycles. The van der Waals surface area contributed by atoms with Crippen LogP contribution in [0.15, 0.2) is 48.5 Å². The molecule has 0 aromatic heterocycles. The number of aryl methyl sites for hydroxylation is 2. The molecule has 0 spiro atoms. The van der Waals surface area contributed by atoms with Crippen molar-refractivity contribution >= 4 is 32.3 Å². The first-order valence-corrected chi connectivity index (χ1v) is 8.11. The molecule has 0 atom stereocenters. The molecule has 0 fully saturated rings. The van der Waals surface area contributed by atoms with Gasteiger partial charge in [0.15, 0.2) is 11.5 Å². The van der Waals surface area contributed by atoms with E-state index in [2.05, 4.69) is 62.4 Å². The highest BCUT2D eigenvalue weighted by Crippen LogP contribution is 2.41. The molecule has 0 saturated carbocycles. The van der Waals surface area contributed by atoms with E-state index in [-0.39, 0.29) is 0 Å². The van der Waals surface area contributed by atoms with Gasteiger partial charge in [-0.3, -0.25) is 0 Å². The van der Waals surface area contributed by atoms with Crippen molar-refractivity contribution in [1.82, 2.24) is 0 Å². The van der Waals surface area contributed by atoms with E-state index in [4.69, 9.17) is 9.47 Å². The number of hydrogen-bond donors (Lipinski definition) is 0. The maximum absolute atomic E-state index is 5.53. The molecule has 24 heavy (non-hydrogen) atoms. The molecule has 4 aromatic rings. The first kappa shape index (κ1) is 14.8. The van der Waals surface area contributed by atoms with Gasteiger partial charge in [0.1, 0.15) is 0 Å². The average molecular weight is 316 g/mol. The van der Waals surface area contributed by atoms with E-state index < -0.39 is 0 Å². The van der Waals surface area contributed by atoms with Crippen molar-refractivity contribution in [3.63, 3.8) is 0 Å². The lowest BCUT2D eigenvalue weighted by Crippen LogP contribution is -1.92. The SMILES string of the molecule is COc1cc2c3ccccc3c3cc(C)c(C)cc3c2cc1OC. The second-order valence-electron chi connectivity index (χ2n) is 6.28. The monoisotopic (exact) mass is 316 g/mol. The largest absolute Gasteiger partial charge is 0.493 e. The summed E-state index contributed by atoms with van der Waals surface area (Å²) >= 11 is 0. The fourth-order valence-electron chi connectivity index (χ4n) is 3.54. The van der Waals surface area contributed by atoms with Gasteiger partial charge in [0, 0.05) is 0 Å². The van der Waals surface area contributed by atoms with Crippen LogP contribution in [0.3, 0.4) is 0 Å². The molecule has 0 saturated heterocycles. The maximum Gasteiger partial charge on any atom is 0.161 e. The average Bonchev–Trinajstić information content (AvgIpc) is 2.62. The Bertz CT molecular complexity index is 1090. The lowest BCUT2D eigenvalue weighted by Gasteiger charge is -2.15. The number of rotatable bonds is 2. The summed E-state index contributed by atoms with van der Waals surface area (Å²) in [6.45, 7) is 4.33. The summed E-state index contributed by atoms with van der Waals surface area (Å²) in [6.07, 6.45) is 0. The lowest BCUT2D eigenvalue weighted by molar-refractivity contribution is 0.356. The summed E-state index contributed by atoms with van der Waals surface area (Å²) < 4.78 is 11.1. The molecular weight excluding hydrogens is 296 g/mol. The third kappa shape index (κ3) is 2.03. The zero-order chi connectivity index (χ0) is 16.8. The van der Waals surface area contributed by atoms with Gasteiger partial charge in [0.25, 0.3) is 0 Å². The van der Waals surface area contributed by atoms with E-state index in [1.165, 1.54) is 43.4 Å². The van der Waals surface area contributed by atoms with Crippen LogP contribution in [0.25, 0.3) is 32.3 Å². The molecule has 0 amide bonds. The predicted molar refractivity (Wildman–Crippen MR) is 102 cm³/mol. The Balaban J connectivity index is 2.32. The standard InChI is InChI=1S/C22H20O2/c1-13-9-17-15-7-5-6-8-16(15)19-11-21(23-3)22(24-4)12-20(19)18(17)10-14(13)2/h5-12H,1-4H3. The fourth-order valence-corrected chi connectivity index (χ4v) is 3.54. The van der Waals surface area contributed by atoms with Gasteiger partial charge in [-0.25, -0.2) is 0 Å². The highest BCUT2D eigenvalue weighted by molar-refractivity contribution is 6.26. The van der Waals surface area contributed by atoms with Gasteiger partial charge in [0.2, 0.25) is 0 Å². The summed E-state index contributed by atoms with van der Waals surface area (Å²) in [7, 11) is 3.36. The summed E-state index contributed by atoms with van der Waals surface area (Å²) in [6, 6.07) is 17.3. The van der Waals surface area contributed by atoms with Crippen molar-refractivity contribution in [2.45, 2.75) is 13.8 Å². The van der Waals surface area contributed by atoms with Crippen molar-refractivity contribution in [1.29, 1.82) is 0 Å². The van der Waals surface area contributed by atoms with Gasteiger partial charge in [-0.1, -0.05) is 36.4 Å². The highest BCUT2D eigenvalue weighted by Gasteiger charge is 2.13. The smallest absolute Gasteiger partial charge is 0.161 e. The van der Waals surface area contributed by atoms with E-state index in [9.17, 15) is 0 Å². The first-order chi connectivity index (χ1) is 11.6. The highest BCUT2D eigenvalue weighted by atomic mass is 16.5. The van der Waals surface area contributed by atoms with Crippen molar-refractivity contribution in [3.8, 4) is 11.5 Å². The third-order valence-corrected chi connectivity index (χ3v) is 4.96. The normalized spacial score (nSPS) is 11.3. The summed E-state index contributed by atoms with van der Waals surface area (Å²) in [4.78, 5) is 0. The number of benzene rings is 4. The Hall–Kier alpha value is -2.74. The molecule has 2 nitrogen and oxygen atoms in total. The quantitative estimate of drug-likeness (QED) is 0.436. The fraction of sp³-hybridized carbons (Fsp3) is 0.182. The number of methoxy groups -OCH3 is 2. The minimum absolute atomic E-state index is 0.762. The van der Waals surface area contributed by atoms with Crippen LogP contribution in [0.1, 0.15) is 11.1 Å². The van der Waals surface area contributed by atoms with Gasteiger partial charge < -0.3 is 9.47 Å². The summed E-state index contributed by atoms with van der Waals surface area (Å²) in [5.41, 5.74) is 2.61. The number of ether oxygens (including phenoxy) is 2. The van der Waals surface area contributed by atoms with Crippen molar-refractivity contribution in [2.75, 3.05) is 14.2 Å². The Kier molecular flexibility index (Phi) is 3.34. The molecular formula is C22H20O2. The Morgan fingerprint density at radius 1 is 0.542 bits per heavy atom. The third-order valence-electron chi connectivity index (χ3n) is 4.96. The lowest BCUT2D eigenvalue weighted by atomic mass is 9.91. The molecule has 0 aliphatic rings. The molecule has 0 heterocycles. The van der Waals surface area contributed by atoms with Gasteiger partial charge in [-0.05, 0) is 69.4 Å². The molecule has 4 rings (SSSR count). The second kappa shape index (κ2) is 5.41. The van der Waals surface area contributed by atoms with E-state index in [0.717, 1.165) is 11.5 Å². The number of fused-ring (bicyclic) bond motifs is 6. The van der Waals surface area contributed by atoms with Crippen LogP contribution in [0.4, 0.5) is 0 Å². The van der Waals surface area contributed by atoms with Crippen molar-refractivity contribution in [2.24, 2.45) is 0 Å². The van der Waals surface area contributed by atoms with Gasteiger partial charge >= 0.3 is 0 Å². The molecule has 0 radical (unpaired) electrons. The summed E-state index contributed by atoms with van der Waals surface area (Å²) in [5.74, 6) is 1.53. The molecule has 2 heteroatoms. The molecule has 0 unspecified atom stereocenters.